The van der Waals surface area contributed by atoms with Crippen LogP contribution in [-0.4, -0.2) is 37.1 Å². The minimum Gasteiger partial charge on any atom is -0.311 e. The van der Waals surface area contributed by atoms with Crippen LogP contribution in [0.4, 0.5) is 0 Å². The van der Waals surface area contributed by atoms with Crippen LogP contribution in [0.15, 0.2) is 0 Å². The van der Waals surface area contributed by atoms with E-state index in [2.05, 4.69) is 24.2 Å². The van der Waals surface area contributed by atoms with Crippen molar-refractivity contribution >= 4 is 0 Å². The second-order valence-corrected chi connectivity index (χ2v) is 6.28. The first-order valence-corrected chi connectivity index (χ1v) is 7.70. The number of hydrogen-bond donors (Lipinski definition) is 1. The van der Waals surface area contributed by atoms with Crippen molar-refractivity contribution in [1.82, 2.24) is 10.2 Å². The summed E-state index contributed by atoms with van der Waals surface area (Å²) in [5.41, 5.74) is 0. The highest BCUT2D eigenvalue weighted by Gasteiger charge is 2.23. The van der Waals surface area contributed by atoms with Gasteiger partial charge in [-0.2, -0.15) is 0 Å². The molecule has 0 radical (unpaired) electrons. The molecular weight excluding hydrogens is 208 g/mol. The first-order valence-electron chi connectivity index (χ1n) is 7.70. The zero-order valence-corrected chi connectivity index (χ0v) is 11.8. The van der Waals surface area contributed by atoms with Gasteiger partial charge < -0.3 is 10.2 Å². The fraction of sp³-hybridized carbons (Fsp3) is 1.00. The molecule has 0 bridgehead atoms. The van der Waals surface area contributed by atoms with Gasteiger partial charge in [-0.25, -0.2) is 0 Å². The predicted octanol–water partition coefficient (Wildman–Crippen LogP) is 3.03. The third-order valence-corrected chi connectivity index (χ3v) is 4.81. The van der Waals surface area contributed by atoms with Crippen molar-refractivity contribution in [2.75, 3.05) is 20.1 Å². The molecule has 2 fully saturated rings. The lowest BCUT2D eigenvalue weighted by molar-refractivity contribution is 0.255. The molecule has 100 valence electrons. The lowest BCUT2D eigenvalue weighted by atomic mass is 9.84. The zero-order valence-electron chi connectivity index (χ0n) is 11.8. The predicted molar refractivity (Wildman–Crippen MR) is 74.3 cm³/mol. The first-order chi connectivity index (χ1) is 8.25. The van der Waals surface area contributed by atoms with E-state index in [4.69, 9.17) is 0 Å². The molecule has 0 spiro atoms. The summed E-state index contributed by atoms with van der Waals surface area (Å²) in [4.78, 5) is 2.48. The molecule has 2 aliphatic rings. The van der Waals surface area contributed by atoms with Gasteiger partial charge in [0.05, 0.1) is 0 Å². The molecule has 1 aliphatic heterocycles. The summed E-state index contributed by atoms with van der Waals surface area (Å²) in [5, 5.41) is 3.92. The van der Waals surface area contributed by atoms with Crippen LogP contribution in [0.25, 0.3) is 0 Å². The molecule has 0 amide bonds. The minimum absolute atomic E-state index is 0.740. The number of nitrogens with one attached hydrogen (secondary N) is 1. The smallest absolute Gasteiger partial charge is 0.00823 e. The van der Waals surface area contributed by atoms with E-state index in [1.165, 1.54) is 64.5 Å². The maximum atomic E-state index is 3.92. The van der Waals surface area contributed by atoms with Gasteiger partial charge in [0.1, 0.15) is 0 Å². The highest BCUT2D eigenvalue weighted by atomic mass is 15.1. The van der Waals surface area contributed by atoms with Crippen LogP contribution >= 0.6 is 0 Å². The molecule has 17 heavy (non-hydrogen) atoms. The molecule has 2 rings (SSSR count). The van der Waals surface area contributed by atoms with Crippen LogP contribution in [0, 0.1) is 5.92 Å². The van der Waals surface area contributed by atoms with Crippen molar-refractivity contribution < 1.29 is 0 Å². The summed E-state index contributed by atoms with van der Waals surface area (Å²) in [5.74, 6) is 0.949. The molecule has 1 saturated heterocycles. The van der Waals surface area contributed by atoms with E-state index in [1.54, 1.807) is 0 Å². The lowest BCUT2D eigenvalue weighted by Gasteiger charge is -2.31. The Kier molecular flexibility index (Phi) is 5.30. The van der Waals surface area contributed by atoms with Gasteiger partial charge in [-0.1, -0.05) is 19.3 Å². The monoisotopic (exact) mass is 238 g/mol. The molecule has 1 N–H and O–H groups in total. The topological polar surface area (TPSA) is 15.3 Å². The van der Waals surface area contributed by atoms with Crippen molar-refractivity contribution in [1.29, 1.82) is 0 Å². The number of likely N-dealkylation sites (tertiary alicyclic amines) is 1. The van der Waals surface area contributed by atoms with Gasteiger partial charge in [-0.05, 0) is 65.1 Å². The summed E-state index contributed by atoms with van der Waals surface area (Å²) in [6, 6.07) is 1.51. The van der Waals surface area contributed by atoms with Crippen LogP contribution in [0.5, 0.6) is 0 Å². The van der Waals surface area contributed by atoms with E-state index in [0.29, 0.717) is 0 Å². The fourth-order valence-corrected chi connectivity index (χ4v) is 3.55. The maximum absolute atomic E-state index is 3.92. The summed E-state index contributed by atoms with van der Waals surface area (Å²) >= 11 is 0. The van der Waals surface area contributed by atoms with Crippen molar-refractivity contribution in [2.45, 2.75) is 70.4 Å². The number of hydrogen-bond acceptors (Lipinski definition) is 2. The Morgan fingerprint density at radius 1 is 0.941 bits per heavy atom. The Hall–Kier alpha value is -0.0800. The van der Waals surface area contributed by atoms with E-state index < -0.39 is 0 Å². The zero-order chi connectivity index (χ0) is 12.1. The van der Waals surface area contributed by atoms with E-state index in [0.717, 1.165) is 18.0 Å². The van der Waals surface area contributed by atoms with Crippen LogP contribution in [0.3, 0.4) is 0 Å². The summed E-state index contributed by atoms with van der Waals surface area (Å²) in [6.07, 6.45) is 11.4. The van der Waals surface area contributed by atoms with Gasteiger partial charge in [0, 0.05) is 12.1 Å². The Balaban J connectivity index is 1.74. The Labute approximate surface area is 107 Å². The molecule has 2 nitrogen and oxygen atoms in total. The summed E-state index contributed by atoms with van der Waals surface area (Å²) < 4.78 is 0. The largest absolute Gasteiger partial charge is 0.311 e. The molecule has 0 aromatic rings. The van der Waals surface area contributed by atoms with Crippen LogP contribution in [-0.2, 0) is 0 Å². The number of nitrogens with zero attached hydrogens (tertiary/aromatic N) is 1. The summed E-state index contributed by atoms with van der Waals surface area (Å²) in [6.45, 7) is 4.98. The first kappa shape index (κ1) is 13.4. The lowest BCUT2D eigenvalue weighted by Crippen LogP contribution is -2.42. The molecule has 1 heterocycles. The SMILES string of the molecule is C[C@H](NC1CCCN(C)CC1)C1CCCCC1. The quantitative estimate of drug-likeness (QED) is 0.813. The van der Waals surface area contributed by atoms with Crippen LogP contribution < -0.4 is 5.32 Å². The highest BCUT2D eigenvalue weighted by molar-refractivity contribution is 4.81. The molecule has 0 aromatic heterocycles. The van der Waals surface area contributed by atoms with Gasteiger partial charge in [-0.3, -0.25) is 0 Å². The van der Waals surface area contributed by atoms with Crippen molar-refractivity contribution in [3.63, 3.8) is 0 Å². The van der Waals surface area contributed by atoms with Gasteiger partial charge in [-0.15, -0.1) is 0 Å². The van der Waals surface area contributed by atoms with Gasteiger partial charge in [0.2, 0.25) is 0 Å². The summed E-state index contributed by atoms with van der Waals surface area (Å²) in [7, 11) is 2.26. The van der Waals surface area contributed by atoms with Crippen molar-refractivity contribution in [2.24, 2.45) is 5.92 Å². The van der Waals surface area contributed by atoms with E-state index >= 15 is 0 Å². The second-order valence-electron chi connectivity index (χ2n) is 6.28. The molecule has 0 aromatic carbocycles. The van der Waals surface area contributed by atoms with Gasteiger partial charge >= 0.3 is 0 Å². The molecule has 1 aliphatic carbocycles. The molecule has 1 saturated carbocycles. The van der Waals surface area contributed by atoms with Crippen LogP contribution in [0.2, 0.25) is 0 Å². The highest BCUT2D eigenvalue weighted by Crippen LogP contribution is 2.27. The average Bonchev–Trinajstić information content (AvgIpc) is 2.56. The van der Waals surface area contributed by atoms with Crippen molar-refractivity contribution in [3.8, 4) is 0 Å². The molecular formula is C15H30N2. The number of rotatable bonds is 3. The third kappa shape index (κ3) is 4.26. The third-order valence-electron chi connectivity index (χ3n) is 4.81. The second kappa shape index (κ2) is 6.75. The Morgan fingerprint density at radius 2 is 1.71 bits per heavy atom. The van der Waals surface area contributed by atoms with E-state index in [1.807, 2.05) is 0 Å². The van der Waals surface area contributed by atoms with Gasteiger partial charge in [0.25, 0.3) is 0 Å². The molecule has 1 unspecified atom stereocenters. The Morgan fingerprint density at radius 3 is 2.47 bits per heavy atom. The normalized spacial score (nSPS) is 31.1. The molecule has 2 heteroatoms. The van der Waals surface area contributed by atoms with Gasteiger partial charge in [0.15, 0.2) is 0 Å². The van der Waals surface area contributed by atoms with Crippen molar-refractivity contribution in [3.05, 3.63) is 0 Å². The van der Waals surface area contributed by atoms with E-state index in [9.17, 15) is 0 Å². The Bertz CT molecular complexity index is 211. The maximum Gasteiger partial charge on any atom is 0.00823 e. The molecule has 2 atom stereocenters. The standard InChI is InChI=1S/C15H30N2/c1-13(14-7-4-3-5-8-14)16-15-9-6-11-17(2)12-10-15/h13-16H,3-12H2,1-2H3/t13-,15?/m0/s1. The van der Waals surface area contributed by atoms with E-state index in [-0.39, 0.29) is 0 Å². The average molecular weight is 238 g/mol. The minimum atomic E-state index is 0.740. The van der Waals surface area contributed by atoms with Crippen LogP contribution in [0.1, 0.15) is 58.3 Å². The fourth-order valence-electron chi connectivity index (χ4n) is 3.55.